The van der Waals surface area contributed by atoms with E-state index >= 15 is 0 Å². The number of aliphatic carboxylic acids is 1. The number of methoxy groups -OCH3 is 1. The van der Waals surface area contributed by atoms with E-state index in [1.54, 1.807) is 7.11 Å². The Morgan fingerprint density at radius 1 is 1.26 bits per heavy atom. The molecule has 0 spiro atoms. The summed E-state index contributed by atoms with van der Waals surface area (Å²) in [5.41, 5.74) is 1.14. The summed E-state index contributed by atoms with van der Waals surface area (Å²) < 4.78 is 5.17. The molecule has 0 bridgehead atoms. The molecule has 1 fully saturated rings. The summed E-state index contributed by atoms with van der Waals surface area (Å²) in [5, 5.41) is 9.02. The number of ether oxygens (including phenoxy) is 1. The maximum Gasteiger partial charge on any atom is 0.306 e. The first-order valence-corrected chi connectivity index (χ1v) is 8.19. The zero-order valence-electron chi connectivity index (χ0n) is 13.8. The fourth-order valence-electron chi connectivity index (χ4n) is 3.09. The highest BCUT2D eigenvalue weighted by Crippen LogP contribution is 2.27. The standard InChI is InChI=1S/C18H25NO4/c1-3-13(14-4-6-16(23-2)7-5-14)12-17(20)19-10-8-15(9-11-19)18(21)22/h4-7,13,15H,3,8-12H2,1-2H3,(H,21,22). The molecule has 0 aromatic heterocycles. The lowest BCUT2D eigenvalue weighted by Gasteiger charge is -2.31. The molecule has 1 aliphatic rings. The van der Waals surface area contributed by atoms with Crippen molar-refractivity contribution in [3.8, 4) is 5.75 Å². The van der Waals surface area contributed by atoms with Gasteiger partial charge in [0.2, 0.25) is 5.91 Å². The Labute approximate surface area is 137 Å². The van der Waals surface area contributed by atoms with Crippen LogP contribution in [0.2, 0.25) is 0 Å². The Kier molecular flexibility index (Phi) is 6.02. The van der Waals surface area contributed by atoms with Crippen molar-refractivity contribution < 1.29 is 19.4 Å². The molecule has 1 aliphatic heterocycles. The molecule has 0 aliphatic carbocycles. The highest BCUT2D eigenvalue weighted by Gasteiger charge is 2.28. The van der Waals surface area contributed by atoms with Crippen LogP contribution in [0.5, 0.6) is 5.75 Å². The first-order chi connectivity index (χ1) is 11.0. The average Bonchev–Trinajstić information content (AvgIpc) is 2.59. The largest absolute Gasteiger partial charge is 0.497 e. The maximum absolute atomic E-state index is 12.5. The topological polar surface area (TPSA) is 66.8 Å². The van der Waals surface area contributed by atoms with Crippen LogP contribution in [-0.4, -0.2) is 42.1 Å². The van der Waals surface area contributed by atoms with Crippen LogP contribution < -0.4 is 4.74 Å². The van der Waals surface area contributed by atoms with E-state index in [1.807, 2.05) is 29.2 Å². The zero-order valence-corrected chi connectivity index (χ0v) is 13.8. The van der Waals surface area contributed by atoms with Gasteiger partial charge in [-0.3, -0.25) is 9.59 Å². The molecule has 1 heterocycles. The molecule has 1 saturated heterocycles. The molecule has 23 heavy (non-hydrogen) atoms. The summed E-state index contributed by atoms with van der Waals surface area (Å²) >= 11 is 0. The Morgan fingerprint density at radius 2 is 1.87 bits per heavy atom. The highest BCUT2D eigenvalue weighted by atomic mass is 16.5. The SMILES string of the molecule is CCC(CC(=O)N1CCC(C(=O)O)CC1)c1ccc(OC)cc1. The van der Waals surface area contributed by atoms with Crippen molar-refractivity contribution in [1.29, 1.82) is 0 Å². The predicted molar refractivity (Wildman–Crippen MR) is 87.6 cm³/mol. The number of carboxylic acid groups (broad SMARTS) is 1. The molecule has 0 saturated carbocycles. The highest BCUT2D eigenvalue weighted by molar-refractivity contribution is 5.78. The van der Waals surface area contributed by atoms with Crippen LogP contribution in [0.4, 0.5) is 0 Å². The van der Waals surface area contributed by atoms with E-state index in [2.05, 4.69) is 6.92 Å². The molecule has 5 nitrogen and oxygen atoms in total. The van der Waals surface area contributed by atoms with Crippen LogP contribution in [0.15, 0.2) is 24.3 Å². The number of nitrogens with zero attached hydrogens (tertiary/aromatic N) is 1. The summed E-state index contributed by atoms with van der Waals surface area (Å²) in [6.45, 7) is 3.18. The molecule has 1 N–H and O–H groups in total. The summed E-state index contributed by atoms with van der Waals surface area (Å²) in [5.74, 6) is 0.0668. The van der Waals surface area contributed by atoms with Crippen LogP contribution in [-0.2, 0) is 9.59 Å². The van der Waals surface area contributed by atoms with E-state index < -0.39 is 5.97 Å². The van der Waals surface area contributed by atoms with Gasteiger partial charge in [-0.05, 0) is 42.9 Å². The van der Waals surface area contributed by atoms with Gasteiger partial charge >= 0.3 is 5.97 Å². The third kappa shape index (κ3) is 4.47. The van der Waals surface area contributed by atoms with Gasteiger partial charge in [0.25, 0.3) is 0 Å². The summed E-state index contributed by atoms with van der Waals surface area (Å²) in [6.07, 6.45) is 2.48. The summed E-state index contributed by atoms with van der Waals surface area (Å²) in [7, 11) is 1.64. The number of carbonyl (C=O) groups is 2. The lowest BCUT2D eigenvalue weighted by Crippen LogP contribution is -2.40. The fraction of sp³-hybridized carbons (Fsp3) is 0.556. The summed E-state index contributed by atoms with van der Waals surface area (Å²) in [4.78, 5) is 25.3. The minimum absolute atomic E-state index is 0.122. The van der Waals surface area contributed by atoms with E-state index in [0.29, 0.717) is 32.4 Å². The lowest BCUT2D eigenvalue weighted by atomic mass is 9.91. The van der Waals surface area contributed by atoms with Crippen molar-refractivity contribution in [3.63, 3.8) is 0 Å². The molecule has 5 heteroatoms. The third-order valence-electron chi connectivity index (χ3n) is 4.70. The quantitative estimate of drug-likeness (QED) is 0.875. The minimum Gasteiger partial charge on any atom is -0.497 e. The zero-order chi connectivity index (χ0) is 16.8. The van der Waals surface area contributed by atoms with Gasteiger partial charge in [-0.1, -0.05) is 19.1 Å². The number of benzene rings is 1. The normalized spacial score (nSPS) is 16.9. The molecular weight excluding hydrogens is 294 g/mol. The predicted octanol–water partition coefficient (Wildman–Crippen LogP) is 2.90. The Morgan fingerprint density at radius 3 is 2.35 bits per heavy atom. The molecule has 1 atom stereocenters. The van der Waals surface area contributed by atoms with Gasteiger partial charge < -0.3 is 14.7 Å². The number of carbonyl (C=O) groups excluding carboxylic acids is 1. The van der Waals surface area contributed by atoms with Crippen molar-refractivity contribution in [3.05, 3.63) is 29.8 Å². The van der Waals surface area contributed by atoms with Gasteiger partial charge in [-0.25, -0.2) is 0 Å². The van der Waals surface area contributed by atoms with E-state index in [0.717, 1.165) is 17.7 Å². The second-order valence-corrected chi connectivity index (χ2v) is 6.08. The van der Waals surface area contributed by atoms with Crippen LogP contribution in [0, 0.1) is 5.92 Å². The number of carboxylic acids is 1. The molecule has 1 unspecified atom stereocenters. The van der Waals surface area contributed by atoms with E-state index in [4.69, 9.17) is 9.84 Å². The number of hydrogen-bond acceptors (Lipinski definition) is 3. The van der Waals surface area contributed by atoms with Crippen LogP contribution >= 0.6 is 0 Å². The van der Waals surface area contributed by atoms with Gasteiger partial charge in [0, 0.05) is 19.5 Å². The monoisotopic (exact) mass is 319 g/mol. The first kappa shape index (κ1) is 17.3. The molecule has 1 amide bonds. The average molecular weight is 319 g/mol. The Hall–Kier alpha value is -2.04. The number of hydrogen-bond donors (Lipinski definition) is 1. The molecule has 1 aromatic rings. The van der Waals surface area contributed by atoms with Gasteiger partial charge in [0.1, 0.15) is 5.75 Å². The molecule has 0 radical (unpaired) electrons. The molecular formula is C18H25NO4. The molecule has 126 valence electrons. The maximum atomic E-state index is 12.5. The van der Waals surface area contributed by atoms with Crippen LogP contribution in [0.25, 0.3) is 0 Å². The first-order valence-electron chi connectivity index (χ1n) is 8.19. The number of piperidine rings is 1. The van der Waals surface area contributed by atoms with E-state index in [-0.39, 0.29) is 17.7 Å². The van der Waals surface area contributed by atoms with Crippen molar-refractivity contribution in [2.24, 2.45) is 5.92 Å². The number of rotatable bonds is 6. The third-order valence-corrected chi connectivity index (χ3v) is 4.70. The van der Waals surface area contributed by atoms with E-state index in [9.17, 15) is 9.59 Å². The summed E-state index contributed by atoms with van der Waals surface area (Å²) in [6, 6.07) is 7.86. The molecule has 2 rings (SSSR count). The lowest BCUT2D eigenvalue weighted by molar-refractivity contribution is -0.145. The minimum atomic E-state index is -0.748. The van der Waals surface area contributed by atoms with Gasteiger partial charge in [0.15, 0.2) is 0 Å². The Bertz CT molecular complexity index is 532. The van der Waals surface area contributed by atoms with Gasteiger partial charge in [0.05, 0.1) is 13.0 Å². The van der Waals surface area contributed by atoms with Crippen LogP contribution in [0.3, 0.4) is 0 Å². The molecule has 1 aromatic carbocycles. The van der Waals surface area contributed by atoms with Crippen molar-refractivity contribution in [2.45, 2.75) is 38.5 Å². The fourth-order valence-corrected chi connectivity index (χ4v) is 3.09. The van der Waals surface area contributed by atoms with Crippen molar-refractivity contribution >= 4 is 11.9 Å². The second-order valence-electron chi connectivity index (χ2n) is 6.08. The number of likely N-dealkylation sites (tertiary alicyclic amines) is 1. The number of amides is 1. The smallest absolute Gasteiger partial charge is 0.306 e. The van der Waals surface area contributed by atoms with Gasteiger partial charge in [-0.2, -0.15) is 0 Å². The van der Waals surface area contributed by atoms with E-state index in [1.165, 1.54) is 0 Å². The second kappa shape index (κ2) is 7.99. The van der Waals surface area contributed by atoms with Gasteiger partial charge in [-0.15, -0.1) is 0 Å². The van der Waals surface area contributed by atoms with Crippen molar-refractivity contribution in [1.82, 2.24) is 4.90 Å². The Balaban J connectivity index is 1.93. The van der Waals surface area contributed by atoms with Crippen LogP contribution in [0.1, 0.15) is 44.1 Å². The van der Waals surface area contributed by atoms with Crippen molar-refractivity contribution in [2.75, 3.05) is 20.2 Å².